The van der Waals surface area contributed by atoms with Crippen LogP contribution in [0.4, 0.5) is 0 Å². The summed E-state index contributed by atoms with van der Waals surface area (Å²) in [6, 6.07) is 8.26. The Morgan fingerprint density at radius 3 is 2.83 bits per heavy atom. The monoisotopic (exact) mass is 245 g/mol. The zero-order valence-corrected chi connectivity index (χ0v) is 10.9. The van der Waals surface area contributed by atoms with Gasteiger partial charge in [0.2, 0.25) is 0 Å². The van der Waals surface area contributed by atoms with E-state index in [0.29, 0.717) is 19.6 Å². The van der Waals surface area contributed by atoms with E-state index >= 15 is 0 Å². The molecule has 1 N–H and O–H groups in total. The third-order valence-corrected chi connectivity index (χ3v) is 3.75. The van der Waals surface area contributed by atoms with Crippen LogP contribution in [0.15, 0.2) is 18.2 Å². The van der Waals surface area contributed by atoms with E-state index in [-0.39, 0.29) is 0 Å². The molecule has 0 spiro atoms. The van der Waals surface area contributed by atoms with Crippen LogP contribution in [0.5, 0.6) is 0 Å². The highest BCUT2D eigenvalue weighted by molar-refractivity contribution is 5.34. The summed E-state index contributed by atoms with van der Waals surface area (Å²) in [5.74, 6) is 0. The summed E-state index contributed by atoms with van der Waals surface area (Å²) in [6.07, 6.45) is 0.746. The number of aliphatic hydroxyl groups is 1. The summed E-state index contributed by atoms with van der Waals surface area (Å²) in [5.41, 5.74) is 2.17. The SMILES string of the molecule is Cc1ccc(C)c(C(O)C2(C#N)CCCOC2)c1. The minimum Gasteiger partial charge on any atom is -0.387 e. The molecule has 1 aromatic carbocycles. The number of hydrogen-bond acceptors (Lipinski definition) is 3. The molecule has 2 rings (SSSR count). The number of ether oxygens (including phenoxy) is 1. The molecule has 1 aliphatic heterocycles. The molecular weight excluding hydrogens is 226 g/mol. The number of aliphatic hydroxyl groups excluding tert-OH is 1. The first-order chi connectivity index (χ1) is 8.59. The van der Waals surface area contributed by atoms with Gasteiger partial charge in [-0.15, -0.1) is 0 Å². The minimum atomic E-state index is -0.795. The van der Waals surface area contributed by atoms with Crippen molar-refractivity contribution in [3.8, 4) is 6.07 Å². The largest absolute Gasteiger partial charge is 0.387 e. The lowest BCUT2D eigenvalue weighted by atomic mass is 9.75. The van der Waals surface area contributed by atoms with Crippen molar-refractivity contribution in [2.45, 2.75) is 32.8 Å². The first-order valence-electron chi connectivity index (χ1n) is 6.33. The van der Waals surface area contributed by atoms with Gasteiger partial charge in [0.1, 0.15) is 11.5 Å². The second-order valence-corrected chi connectivity index (χ2v) is 5.19. The average Bonchev–Trinajstić information content (AvgIpc) is 2.41. The average molecular weight is 245 g/mol. The van der Waals surface area contributed by atoms with Gasteiger partial charge in [0, 0.05) is 6.61 Å². The maximum Gasteiger partial charge on any atom is 0.111 e. The lowest BCUT2D eigenvalue weighted by Gasteiger charge is -2.35. The normalized spacial score (nSPS) is 25.4. The van der Waals surface area contributed by atoms with E-state index in [4.69, 9.17) is 4.74 Å². The van der Waals surface area contributed by atoms with Gasteiger partial charge in [0.05, 0.1) is 12.7 Å². The maximum absolute atomic E-state index is 10.6. The fraction of sp³-hybridized carbons (Fsp3) is 0.533. The van der Waals surface area contributed by atoms with Crippen LogP contribution in [0.25, 0.3) is 0 Å². The smallest absolute Gasteiger partial charge is 0.111 e. The van der Waals surface area contributed by atoms with Crippen LogP contribution >= 0.6 is 0 Å². The first-order valence-corrected chi connectivity index (χ1v) is 6.33. The fourth-order valence-electron chi connectivity index (χ4n) is 2.53. The molecule has 0 amide bonds. The molecule has 3 nitrogen and oxygen atoms in total. The number of nitrogens with zero attached hydrogens (tertiary/aromatic N) is 1. The lowest BCUT2D eigenvalue weighted by Crippen LogP contribution is -2.36. The molecule has 18 heavy (non-hydrogen) atoms. The predicted octanol–water partition coefficient (Wildman–Crippen LogP) is 2.66. The summed E-state index contributed by atoms with van der Waals surface area (Å²) in [4.78, 5) is 0. The second-order valence-electron chi connectivity index (χ2n) is 5.19. The van der Waals surface area contributed by atoms with Gasteiger partial charge in [-0.1, -0.05) is 23.8 Å². The van der Waals surface area contributed by atoms with Gasteiger partial charge in [-0.3, -0.25) is 0 Å². The van der Waals surface area contributed by atoms with Gasteiger partial charge in [-0.25, -0.2) is 0 Å². The van der Waals surface area contributed by atoms with Crippen molar-refractivity contribution in [3.05, 3.63) is 34.9 Å². The third-order valence-electron chi connectivity index (χ3n) is 3.75. The zero-order valence-electron chi connectivity index (χ0n) is 10.9. The van der Waals surface area contributed by atoms with E-state index < -0.39 is 11.5 Å². The van der Waals surface area contributed by atoms with Crippen LogP contribution in [0.2, 0.25) is 0 Å². The van der Waals surface area contributed by atoms with Gasteiger partial charge in [0.25, 0.3) is 0 Å². The Kier molecular flexibility index (Phi) is 3.70. The van der Waals surface area contributed by atoms with E-state index in [0.717, 1.165) is 23.1 Å². The number of aryl methyl sites for hydroxylation is 2. The predicted molar refractivity (Wildman–Crippen MR) is 69.0 cm³/mol. The van der Waals surface area contributed by atoms with Crippen molar-refractivity contribution in [1.82, 2.24) is 0 Å². The Hall–Kier alpha value is -1.37. The van der Waals surface area contributed by atoms with Crippen LogP contribution in [-0.2, 0) is 4.74 Å². The number of benzene rings is 1. The highest BCUT2D eigenvalue weighted by atomic mass is 16.5. The summed E-state index contributed by atoms with van der Waals surface area (Å²) < 4.78 is 5.41. The van der Waals surface area contributed by atoms with Crippen molar-refractivity contribution in [1.29, 1.82) is 5.26 Å². The Balaban J connectivity index is 2.37. The summed E-state index contributed by atoms with van der Waals surface area (Å²) in [6.45, 7) is 4.96. The summed E-state index contributed by atoms with van der Waals surface area (Å²) in [5, 5.41) is 20.0. The van der Waals surface area contributed by atoms with Crippen LogP contribution in [-0.4, -0.2) is 18.3 Å². The Labute approximate surface area is 108 Å². The van der Waals surface area contributed by atoms with E-state index in [1.165, 1.54) is 0 Å². The van der Waals surface area contributed by atoms with Crippen LogP contribution in [0, 0.1) is 30.6 Å². The quantitative estimate of drug-likeness (QED) is 0.871. The van der Waals surface area contributed by atoms with Crippen molar-refractivity contribution in [2.24, 2.45) is 5.41 Å². The van der Waals surface area contributed by atoms with Gasteiger partial charge in [-0.05, 0) is 37.8 Å². The molecule has 1 heterocycles. The molecule has 1 fully saturated rings. The standard InChI is InChI=1S/C15H19NO2/c1-11-4-5-12(2)13(8-11)14(17)15(9-16)6-3-7-18-10-15/h4-5,8,14,17H,3,6-7,10H2,1-2H3. The van der Waals surface area contributed by atoms with Crippen LogP contribution < -0.4 is 0 Å². The molecule has 1 aromatic rings. The Morgan fingerprint density at radius 1 is 1.44 bits per heavy atom. The molecule has 0 bridgehead atoms. The van der Waals surface area contributed by atoms with Crippen LogP contribution in [0.1, 0.15) is 35.6 Å². The Bertz CT molecular complexity index is 470. The molecule has 1 saturated heterocycles. The molecular formula is C15H19NO2. The first kappa shape index (κ1) is 13.1. The second kappa shape index (κ2) is 5.09. The lowest BCUT2D eigenvalue weighted by molar-refractivity contribution is -0.0508. The van der Waals surface area contributed by atoms with E-state index in [9.17, 15) is 10.4 Å². The maximum atomic E-state index is 10.6. The number of nitriles is 1. The third kappa shape index (κ3) is 2.27. The molecule has 96 valence electrons. The molecule has 2 unspecified atom stereocenters. The summed E-state index contributed by atoms with van der Waals surface area (Å²) >= 11 is 0. The minimum absolute atomic E-state index is 0.318. The molecule has 0 saturated carbocycles. The fourth-order valence-corrected chi connectivity index (χ4v) is 2.53. The molecule has 0 radical (unpaired) electrons. The highest BCUT2D eigenvalue weighted by Crippen LogP contribution is 2.41. The van der Waals surface area contributed by atoms with Crippen LogP contribution in [0.3, 0.4) is 0 Å². The Morgan fingerprint density at radius 2 is 2.22 bits per heavy atom. The summed E-state index contributed by atoms with van der Waals surface area (Å²) in [7, 11) is 0. The number of hydrogen-bond donors (Lipinski definition) is 1. The van der Waals surface area contributed by atoms with E-state index in [1.54, 1.807) is 0 Å². The van der Waals surface area contributed by atoms with Crippen molar-refractivity contribution in [2.75, 3.05) is 13.2 Å². The van der Waals surface area contributed by atoms with E-state index in [2.05, 4.69) is 6.07 Å². The van der Waals surface area contributed by atoms with E-state index in [1.807, 2.05) is 32.0 Å². The van der Waals surface area contributed by atoms with Gasteiger partial charge < -0.3 is 9.84 Å². The van der Waals surface area contributed by atoms with Crippen molar-refractivity contribution >= 4 is 0 Å². The molecule has 0 aliphatic carbocycles. The zero-order chi connectivity index (χ0) is 13.2. The molecule has 1 aliphatic rings. The molecule has 2 atom stereocenters. The highest BCUT2D eigenvalue weighted by Gasteiger charge is 2.41. The molecule has 0 aromatic heterocycles. The molecule has 3 heteroatoms. The van der Waals surface area contributed by atoms with Gasteiger partial charge in [-0.2, -0.15) is 5.26 Å². The van der Waals surface area contributed by atoms with Gasteiger partial charge in [0.15, 0.2) is 0 Å². The van der Waals surface area contributed by atoms with Crippen molar-refractivity contribution in [3.63, 3.8) is 0 Å². The van der Waals surface area contributed by atoms with Crippen molar-refractivity contribution < 1.29 is 9.84 Å². The topological polar surface area (TPSA) is 53.2 Å². The van der Waals surface area contributed by atoms with Gasteiger partial charge >= 0.3 is 0 Å². The number of rotatable bonds is 2.